The second-order valence-corrected chi connectivity index (χ2v) is 5.31. The Bertz CT molecular complexity index is 249. The van der Waals surface area contributed by atoms with Crippen molar-refractivity contribution in [1.29, 1.82) is 0 Å². The molecule has 2 amide bonds. The first kappa shape index (κ1) is 15.2. The van der Waals surface area contributed by atoms with Gasteiger partial charge in [-0.15, -0.1) is 11.6 Å². The van der Waals surface area contributed by atoms with E-state index < -0.39 is 0 Å². The van der Waals surface area contributed by atoms with Crippen LogP contribution in [0.25, 0.3) is 0 Å². The molecular formula is C11H21ClN2O2. The van der Waals surface area contributed by atoms with Crippen LogP contribution in [-0.2, 0) is 9.59 Å². The number of hydrogen-bond acceptors (Lipinski definition) is 2. The predicted octanol–water partition coefficient (Wildman–Crippen LogP) is 1.24. The molecule has 0 fully saturated rings. The van der Waals surface area contributed by atoms with Gasteiger partial charge in [0.25, 0.3) is 0 Å². The fourth-order valence-electron chi connectivity index (χ4n) is 1.35. The first-order valence-electron chi connectivity index (χ1n) is 5.33. The van der Waals surface area contributed by atoms with E-state index in [9.17, 15) is 9.59 Å². The Morgan fingerprint density at radius 3 is 2.31 bits per heavy atom. The molecule has 0 heterocycles. The van der Waals surface area contributed by atoms with Gasteiger partial charge in [-0.2, -0.15) is 0 Å². The van der Waals surface area contributed by atoms with Gasteiger partial charge in [0.05, 0.1) is 0 Å². The summed E-state index contributed by atoms with van der Waals surface area (Å²) in [6.45, 7) is 7.28. The highest BCUT2D eigenvalue weighted by molar-refractivity contribution is 6.27. The van der Waals surface area contributed by atoms with Crippen LogP contribution in [0.15, 0.2) is 0 Å². The summed E-state index contributed by atoms with van der Waals surface area (Å²) < 4.78 is 0. The Kier molecular flexibility index (Phi) is 6.41. The molecule has 0 radical (unpaired) electrons. The zero-order chi connectivity index (χ0) is 12.8. The minimum atomic E-state index is -0.243. The van der Waals surface area contributed by atoms with E-state index >= 15 is 0 Å². The normalized spacial score (nSPS) is 11.1. The van der Waals surface area contributed by atoms with E-state index in [1.54, 1.807) is 11.9 Å². The molecule has 4 nitrogen and oxygen atoms in total. The summed E-state index contributed by atoms with van der Waals surface area (Å²) >= 11 is 5.31. The van der Waals surface area contributed by atoms with Crippen molar-refractivity contribution in [3.05, 3.63) is 0 Å². The zero-order valence-electron chi connectivity index (χ0n) is 10.5. The van der Waals surface area contributed by atoms with Gasteiger partial charge in [-0.3, -0.25) is 9.59 Å². The average molecular weight is 249 g/mol. The van der Waals surface area contributed by atoms with Gasteiger partial charge in [0, 0.05) is 26.6 Å². The molecule has 0 saturated heterocycles. The third-order valence-corrected chi connectivity index (χ3v) is 2.16. The van der Waals surface area contributed by atoms with Crippen molar-refractivity contribution in [2.45, 2.75) is 27.2 Å². The summed E-state index contributed by atoms with van der Waals surface area (Å²) in [4.78, 5) is 24.1. The van der Waals surface area contributed by atoms with Gasteiger partial charge in [0.2, 0.25) is 11.8 Å². The summed E-state index contributed by atoms with van der Waals surface area (Å²) in [5.74, 6) is -0.274. The molecule has 0 atom stereocenters. The van der Waals surface area contributed by atoms with E-state index in [1.165, 1.54) is 0 Å². The average Bonchev–Trinajstić information content (AvgIpc) is 2.14. The van der Waals surface area contributed by atoms with Crippen molar-refractivity contribution in [3.63, 3.8) is 0 Å². The summed E-state index contributed by atoms with van der Waals surface area (Å²) in [5.41, 5.74) is 0.0871. The van der Waals surface area contributed by atoms with Crippen molar-refractivity contribution in [3.8, 4) is 0 Å². The fraction of sp³-hybridized carbons (Fsp3) is 0.818. The minimum absolute atomic E-state index is 0.0322. The number of nitrogens with one attached hydrogen (secondary N) is 1. The lowest BCUT2D eigenvalue weighted by atomic mass is 9.96. The van der Waals surface area contributed by atoms with Crippen LogP contribution in [0, 0.1) is 5.41 Å². The number of hydrogen-bond donors (Lipinski definition) is 1. The Hall–Kier alpha value is -0.770. The van der Waals surface area contributed by atoms with Crippen LogP contribution in [0.4, 0.5) is 0 Å². The maximum absolute atomic E-state index is 11.6. The second kappa shape index (κ2) is 6.74. The first-order chi connectivity index (χ1) is 7.26. The van der Waals surface area contributed by atoms with Crippen molar-refractivity contribution in [2.24, 2.45) is 5.41 Å². The lowest BCUT2D eigenvalue weighted by Crippen LogP contribution is -2.36. The largest absolute Gasteiger partial charge is 0.355 e. The fourth-order valence-corrected chi connectivity index (χ4v) is 1.44. The predicted molar refractivity (Wildman–Crippen MR) is 65.4 cm³/mol. The van der Waals surface area contributed by atoms with Gasteiger partial charge in [-0.1, -0.05) is 20.8 Å². The molecule has 0 unspecified atom stereocenters. The van der Waals surface area contributed by atoms with E-state index in [1.807, 2.05) is 0 Å². The molecule has 0 aromatic rings. The molecule has 0 saturated carbocycles. The number of carbonyl (C=O) groups is 2. The quantitative estimate of drug-likeness (QED) is 0.745. The van der Waals surface area contributed by atoms with E-state index in [2.05, 4.69) is 26.1 Å². The maximum Gasteiger partial charge on any atom is 0.234 e. The Balaban J connectivity index is 3.84. The van der Waals surface area contributed by atoms with E-state index in [4.69, 9.17) is 11.6 Å². The molecule has 0 aliphatic heterocycles. The first-order valence-corrected chi connectivity index (χ1v) is 5.86. The third-order valence-electron chi connectivity index (χ3n) is 1.92. The summed E-state index contributed by atoms with van der Waals surface area (Å²) in [6, 6.07) is 0. The monoisotopic (exact) mass is 248 g/mol. The van der Waals surface area contributed by atoms with Crippen LogP contribution >= 0.6 is 11.6 Å². The van der Waals surface area contributed by atoms with Gasteiger partial charge in [0.1, 0.15) is 5.88 Å². The lowest BCUT2D eigenvalue weighted by molar-refractivity contribution is -0.131. The molecule has 0 bridgehead atoms. The SMILES string of the molecule is CN(CC(C)(C)C)C(=O)CCNC(=O)CCl. The van der Waals surface area contributed by atoms with Gasteiger partial charge >= 0.3 is 0 Å². The minimum Gasteiger partial charge on any atom is -0.355 e. The highest BCUT2D eigenvalue weighted by Crippen LogP contribution is 2.14. The smallest absolute Gasteiger partial charge is 0.234 e. The number of amides is 2. The second-order valence-electron chi connectivity index (χ2n) is 5.04. The molecule has 16 heavy (non-hydrogen) atoms. The van der Waals surface area contributed by atoms with Gasteiger partial charge in [-0.25, -0.2) is 0 Å². The number of carbonyl (C=O) groups excluding carboxylic acids is 2. The van der Waals surface area contributed by atoms with Gasteiger partial charge < -0.3 is 10.2 Å². The highest BCUT2D eigenvalue weighted by Gasteiger charge is 2.17. The Labute approximate surface area is 102 Å². The molecule has 0 aromatic heterocycles. The number of nitrogens with zero attached hydrogens (tertiary/aromatic N) is 1. The summed E-state index contributed by atoms with van der Waals surface area (Å²) in [7, 11) is 1.77. The molecule has 0 aromatic carbocycles. The van der Waals surface area contributed by atoms with Crippen LogP contribution in [0.1, 0.15) is 27.2 Å². The molecule has 5 heteroatoms. The standard InChI is InChI=1S/C11H21ClN2O2/c1-11(2,3)8-14(4)10(16)5-6-13-9(15)7-12/h5-8H2,1-4H3,(H,13,15). The Morgan fingerprint density at radius 1 is 1.31 bits per heavy atom. The molecule has 0 aliphatic carbocycles. The molecule has 1 N–H and O–H groups in total. The molecule has 0 spiro atoms. The molecular weight excluding hydrogens is 228 g/mol. The molecule has 94 valence electrons. The zero-order valence-corrected chi connectivity index (χ0v) is 11.2. The van der Waals surface area contributed by atoms with Crippen molar-refractivity contribution >= 4 is 23.4 Å². The topological polar surface area (TPSA) is 49.4 Å². The van der Waals surface area contributed by atoms with Crippen molar-refractivity contribution < 1.29 is 9.59 Å². The van der Waals surface area contributed by atoms with E-state index in [0.29, 0.717) is 19.5 Å². The number of halogens is 1. The van der Waals surface area contributed by atoms with Crippen molar-refractivity contribution in [1.82, 2.24) is 10.2 Å². The number of alkyl halides is 1. The van der Waals surface area contributed by atoms with E-state index in [0.717, 1.165) is 0 Å². The van der Waals surface area contributed by atoms with Crippen LogP contribution in [0.3, 0.4) is 0 Å². The molecule has 0 rings (SSSR count). The number of rotatable bonds is 5. The van der Waals surface area contributed by atoms with Crippen LogP contribution < -0.4 is 5.32 Å². The maximum atomic E-state index is 11.6. The summed E-state index contributed by atoms with van der Waals surface area (Å²) in [6.07, 6.45) is 0.315. The van der Waals surface area contributed by atoms with E-state index in [-0.39, 0.29) is 23.1 Å². The van der Waals surface area contributed by atoms with Crippen LogP contribution in [-0.4, -0.2) is 42.7 Å². The Morgan fingerprint density at radius 2 is 1.88 bits per heavy atom. The summed E-state index contributed by atoms with van der Waals surface area (Å²) in [5, 5.41) is 2.56. The lowest BCUT2D eigenvalue weighted by Gasteiger charge is -2.26. The van der Waals surface area contributed by atoms with Crippen molar-refractivity contribution in [2.75, 3.05) is 26.0 Å². The molecule has 0 aliphatic rings. The van der Waals surface area contributed by atoms with Gasteiger partial charge in [-0.05, 0) is 5.41 Å². The van der Waals surface area contributed by atoms with Gasteiger partial charge in [0.15, 0.2) is 0 Å². The third kappa shape index (κ3) is 7.51. The van der Waals surface area contributed by atoms with Crippen LogP contribution in [0.5, 0.6) is 0 Å². The van der Waals surface area contributed by atoms with Crippen LogP contribution in [0.2, 0.25) is 0 Å². The highest BCUT2D eigenvalue weighted by atomic mass is 35.5.